The predicted molar refractivity (Wildman–Crippen MR) is 104 cm³/mol. The standard InChI is InChI=1S/C18H18BrN3O3S/c1-10-9-22-17(23)5-12(21-18(22)26-10)8-20-11(2)13-6-15-16(7-14(13)19)25-4-3-24-15/h5-7,9,11,20H,3-4,8H2,1-2H3. The van der Waals surface area contributed by atoms with Gasteiger partial charge in [-0.25, -0.2) is 4.98 Å². The van der Waals surface area contributed by atoms with E-state index in [2.05, 4.69) is 33.2 Å². The number of nitrogens with one attached hydrogen (secondary N) is 1. The van der Waals surface area contributed by atoms with Gasteiger partial charge < -0.3 is 14.8 Å². The number of hydrogen-bond donors (Lipinski definition) is 1. The summed E-state index contributed by atoms with van der Waals surface area (Å²) < 4.78 is 13.8. The number of hydrogen-bond acceptors (Lipinski definition) is 6. The van der Waals surface area contributed by atoms with Gasteiger partial charge in [0.2, 0.25) is 0 Å². The third kappa shape index (κ3) is 3.36. The largest absolute Gasteiger partial charge is 0.486 e. The van der Waals surface area contributed by atoms with Crippen molar-refractivity contribution in [1.29, 1.82) is 0 Å². The van der Waals surface area contributed by atoms with E-state index in [1.807, 2.05) is 25.3 Å². The van der Waals surface area contributed by atoms with E-state index in [1.165, 1.54) is 11.3 Å². The zero-order valence-electron chi connectivity index (χ0n) is 14.4. The molecule has 0 radical (unpaired) electrons. The van der Waals surface area contributed by atoms with E-state index in [1.54, 1.807) is 10.5 Å². The molecule has 2 aromatic heterocycles. The van der Waals surface area contributed by atoms with Gasteiger partial charge in [0, 0.05) is 34.2 Å². The third-order valence-corrected chi connectivity index (χ3v) is 5.84. The van der Waals surface area contributed by atoms with Crippen LogP contribution in [0.3, 0.4) is 0 Å². The first-order valence-electron chi connectivity index (χ1n) is 8.32. The molecule has 0 spiro atoms. The Morgan fingerprint density at radius 1 is 1.31 bits per heavy atom. The molecule has 6 nitrogen and oxygen atoms in total. The fourth-order valence-corrected chi connectivity index (χ4v) is 4.44. The van der Waals surface area contributed by atoms with Crippen molar-refractivity contribution in [2.75, 3.05) is 13.2 Å². The maximum atomic E-state index is 12.2. The molecule has 1 aromatic carbocycles. The molecule has 1 aliphatic heterocycles. The lowest BCUT2D eigenvalue weighted by molar-refractivity contribution is 0.171. The minimum absolute atomic E-state index is 0.0468. The van der Waals surface area contributed by atoms with E-state index in [4.69, 9.17) is 9.47 Å². The number of aromatic nitrogens is 2. The molecular weight excluding hydrogens is 418 g/mol. The Morgan fingerprint density at radius 3 is 2.81 bits per heavy atom. The van der Waals surface area contributed by atoms with E-state index < -0.39 is 0 Å². The van der Waals surface area contributed by atoms with E-state index in [9.17, 15) is 4.79 Å². The second-order valence-corrected chi connectivity index (χ2v) is 8.27. The van der Waals surface area contributed by atoms with Crippen LogP contribution in [0.25, 0.3) is 4.96 Å². The SMILES string of the molecule is Cc1cn2c(=O)cc(CNC(C)c3cc4c(cc3Br)OCCO4)nc2s1. The molecule has 1 aliphatic rings. The maximum absolute atomic E-state index is 12.2. The number of thiazole rings is 1. The molecule has 0 saturated carbocycles. The van der Waals surface area contributed by atoms with Crippen LogP contribution in [0.1, 0.15) is 29.1 Å². The Bertz CT molecular complexity index is 1030. The Labute approximate surface area is 162 Å². The van der Waals surface area contributed by atoms with Crippen LogP contribution in [0.15, 0.2) is 33.7 Å². The number of ether oxygens (including phenoxy) is 2. The summed E-state index contributed by atoms with van der Waals surface area (Å²) in [7, 11) is 0. The van der Waals surface area contributed by atoms with E-state index in [0.29, 0.717) is 19.8 Å². The zero-order valence-corrected chi connectivity index (χ0v) is 16.8. The highest BCUT2D eigenvalue weighted by molar-refractivity contribution is 9.10. The van der Waals surface area contributed by atoms with Crippen LogP contribution in [0, 0.1) is 6.92 Å². The lowest BCUT2D eigenvalue weighted by Crippen LogP contribution is -2.22. The molecule has 0 fully saturated rings. The van der Waals surface area contributed by atoms with Gasteiger partial charge in [-0.05, 0) is 31.5 Å². The van der Waals surface area contributed by atoms with Gasteiger partial charge in [-0.15, -0.1) is 11.3 Å². The zero-order chi connectivity index (χ0) is 18.3. The smallest absolute Gasteiger partial charge is 0.258 e. The Hall–Kier alpha value is -1.90. The van der Waals surface area contributed by atoms with Crippen molar-refractivity contribution < 1.29 is 9.47 Å². The van der Waals surface area contributed by atoms with Crippen LogP contribution in [-0.2, 0) is 6.54 Å². The van der Waals surface area contributed by atoms with Crippen LogP contribution >= 0.6 is 27.3 Å². The van der Waals surface area contributed by atoms with Crippen LogP contribution in [0.5, 0.6) is 11.5 Å². The normalized spacial score (nSPS) is 14.6. The molecule has 1 N–H and O–H groups in total. The molecule has 136 valence electrons. The maximum Gasteiger partial charge on any atom is 0.258 e. The van der Waals surface area contributed by atoms with Crippen LogP contribution < -0.4 is 20.3 Å². The van der Waals surface area contributed by atoms with Gasteiger partial charge in [-0.3, -0.25) is 9.20 Å². The number of halogens is 1. The van der Waals surface area contributed by atoms with Crippen molar-refractivity contribution in [2.24, 2.45) is 0 Å². The first-order valence-corrected chi connectivity index (χ1v) is 9.93. The summed E-state index contributed by atoms with van der Waals surface area (Å²) in [6.45, 7) is 5.67. The van der Waals surface area contributed by atoms with E-state index >= 15 is 0 Å². The highest BCUT2D eigenvalue weighted by Gasteiger charge is 2.18. The van der Waals surface area contributed by atoms with Crippen molar-refractivity contribution in [3.8, 4) is 11.5 Å². The predicted octanol–water partition coefficient (Wildman–Crippen LogP) is 3.45. The van der Waals surface area contributed by atoms with Gasteiger partial charge in [0.25, 0.3) is 5.56 Å². The van der Waals surface area contributed by atoms with Gasteiger partial charge in [0.15, 0.2) is 16.5 Å². The van der Waals surface area contributed by atoms with Gasteiger partial charge in [0.1, 0.15) is 13.2 Å². The third-order valence-electron chi connectivity index (χ3n) is 4.25. The average Bonchev–Trinajstić information content (AvgIpc) is 3.00. The highest BCUT2D eigenvalue weighted by Crippen LogP contribution is 2.37. The summed E-state index contributed by atoms with van der Waals surface area (Å²) in [5, 5.41) is 3.43. The van der Waals surface area contributed by atoms with Crippen molar-refractivity contribution in [3.05, 3.63) is 55.4 Å². The van der Waals surface area contributed by atoms with Crippen LogP contribution in [-0.4, -0.2) is 22.6 Å². The molecule has 0 amide bonds. The lowest BCUT2D eigenvalue weighted by Gasteiger charge is -2.22. The molecule has 0 saturated heterocycles. The summed E-state index contributed by atoms with van der Waals surface area (Å²) in [4.78, 5) is 18.6. The summed E-state index contributed by atoms with van der Waals surface area (Å²) in [6.07, 6.45) is 1.82. The van der Waals surface area contributed by atoms with Crippen molar-refractivity contribution >= 4 is 32.2 Å². The summed E-state index contributed by atoms with van der Waals surface area (Å²) in [6, 6.07) is 5.56. The van der Waals surface area contributed by atoms with Crippen molar-refractivity contribution in [2.45, 2.75) is 26.4 Å². The first-order chi connectivity index (χ1) is 12.5. The number of rotatable bonds is 4. The van der Waals surface area contributed by atoms with E-state index in [0.717, 1.165) is 37.1 Å². The Morgan fingerprint density at radius 2 is 2.04 bits per heavy atom. The molecule has 1 atom stereocenters. The monoisotopic (exact) mass is 435 g/mol. The minimum Gasteiger partial charge on any atom is -0.486 e. The molecule has 1 unspecified atom stereocenters. The number of aryl methyl sites for hydroxylation is 1. The quantitative estimate of drug-likeness (QED) is 0.679. The molecule has 3 aromatic rings. The Kier molecular flexibility index (Phi) is 4.73. The molecule has 8 heteroatoms. The topological polar surface area (TPSA) is 64.9 Å². The van der Waals surface area contributed by atoms with Gasteiger partial charge >= 0.3 is 0 Å². The summed E-state index contributed by atoms with van der Waals surface area (Å²) in [5.74, 6) is 1.52. The van der Waals surface area contributed by atoms with Gasteiger partial charge in [-0.2, -0.15) is 0 Å². The Balaban J connectivity index is 1.54. The minimum atomic E-state index is -0.0516. The summed E-state index contributed by atoms with van der Waals surface area (Å²) in [5.41, 5.74) is 1.75. The fourth-order valence-electron chi connectivity index (χ4n) is 2.93. The molecule has 0 aliphatic carbocycles. The molecule has 4 rings (SSSR count). The van der Waals surface area contributed by atoms with Crippen molar-refractivity contribution in [3.63, 3.8) is 0 Å². The molecule has 26 heavy (non-hydrogen) atoms. The molecular formula is C18H18BrN3O3S. The number of nitrogens with zero attached hydrogens (tertiary/aromatic N) is 2. The second kappa shape index (κ2) is 7.02. The molecule has 3 heterocycles. The van der Waals surface area contributed by atoms with Crippen LogP contribution in [0.4, 0.5) is 0 Å². The number of benzene rings is 1. The fraction of sp³-hybridized carbons (Fsp3) is 0.333. The molecule has 0 bridgehead atoms. The van der Waals surface area contributed by atoms with Crippen LogP contribution in [0.2, 0.25) is 0 Å². The second-order valence-electron chi connectivity index (χ2n) is 6.20. The van der Waals surface area contributed by atoms with E-state index in [-0.39, 0.29) is 11.6 Å². The van der Waals surface area contributed by atoms with Crippen molar-refractivity contribution in [1.82, 2.24) is 14.7 Å². The van der Waals surface area contributed by atoms with Gasteiger partial charge in [0.05, 0.1) is 5.69 Å². The van der Waals surface area contributed by atoms with Gasteiger partial charge in [-0.1, -0.05) is 15.9 Å². The first kappa shape index (κ1) is 17.5. The highest BCUT2D eigenvalue weighted by atomic mass is 79.9. The summed E-state index contributed by atoms with van der Waals surface area (Å²) >= 11 is 5.12. The average molecular weight is 436 g/mol. The lowest BCUT2D eigenvalue weighted by atomic mass is 10.1. The number of fused-ring (bicyclic) bond motifs is 2.